The van der Waals surface area contributed by atoms with Gasteiger partial charge in [0.2, 0.25) is 0 Å². The number of aromatic nitrogens is 1. The minimum absolute atomic E-state index is 0.0892. The summed E-state index contributed by atoms with van der Waals surface area (Å²) in [6, 6.07) is 25.5. The van der Waals surface area contributed by atoms with Crippen molar-refractivity contribution < 1.29 is 9.53 Å². The highest BCUT2D eigenvalue weighted by atomic mass is 32.1. The van der Waals surface area contributed by atoms with Crippen LogP contribution in [0.5, 0.6) is 5.75 Å². The molecule has 0 saturated carbocycles. The summed E-state index contributed by atoms with van der Waals surface area (Å²) in [4.78, 5) is 21.8. The molecule has 1 aromatic heterocycles. The fourth-order valence-corrected chi connectivity index (χ4v) is 4.96. The Morgan fingerprint density at radius 2 is 1.64 bits per heavy atom. The van der Waals surface area contributed by atoms with Crippen molar-refractivity contribution in [3.63, 3.8) is 0 Å². The molecule has 0 radical (unpaired) electrons. The van der Waals surface area contributed by atoms with Gasteiger partial charge in [-0.15, -0.1) is 11.3 Å². The lowest BCUT2D eigenvalue weighted by Gasteiger charge is -2.21. The Balaban J connectivity index is 1.84. The standard InChI is InChI=1S/C28H28N2O2S/c1-4-11-25-26(21-13-7-6-8-14-21)29-28(33-25)30(22-16-18-23(19-17-22)32-5-2)27(31)24-15-10-9-12-20(24)3/h6-10,12-19H,4-5,11H2,1-3H3. The van der Waals surface area contributed by atoms with Crippen molar-refractivity contribution in [1.29, 1.82) is 0 Å². The molecule has 0 bridgehead atoms. The Kier molecular flexibility index (Phi) is 7.20. The number of carbonyl (C=O) groups is 1. The van der Waals surface area contributed by atoms with Crippen LogP contribution in [0, 0.1) is 6.92 Å². The summed E-state index contributed by atoms with van der Waals surface area (Å²) in [5, 5.41) is 0.676. The van der Waals surface area contributed by atoms with Gasteiger partial charge >= 0.3 is 0 Å². The maximum atomic E-state index is 13.9. The number of thiazole rings is 1. The summed E-state index contributed by atoms with van der Waals surface area (Å²) in [5.74, 6) is 0.689. The zero-order valence-corrected chi connectivity index (χ0v) is 20.1. The van der Waals surface area contributed by atoms with Crippen LogP contribution in [0.25, 0.3) is 11.3 Å². The van der Waals surface area contributed by atoms with Crippen LogP contribution >= 0.6 is 11.3 Å². The Bertz CT molecular complexity index is 1220. The lowest BCUT2D eigenvalue weighted by Crippen LogP contribution is -2.26. The third-order valence-electron chi connectivity index (χ3n) is 5.39. The first-order valence-corrected chi connectivity index (χ1v) is 12.1. The number of nitrogens with zero attached hydrogens (tertiary/aromatic N) is 2. The van der Waals surface area contributed by atoms with Crippen LogP contribution in [0.3, 0.4) is 0 Å². The van der Waals surface area contributed by atoms with Gasteiger partial charge in [-0.1, -0.05) is 61.9 Å². The van der Waals surface area contributed by atoms with E-state index >= 15 is 0 Å². The SMILES string of the molecule is CCCc1sc(N(C(=O)c2ccccc2C)c2ccc(OCC)cc2)nc1-c1ccccc1. The smallest absolute Gasteiger partial charge is 0.264 e. The van der Waals surface area contributed by atoms with Gasteiger partial charge in [0.15, 0.2) is 5.13 Å². The number of ether oxygens (including phenoxy) is 1. The highest BCUT2D eigenvalue weighted by molar-refractivity contribution is 7.16. The fraction of sp³-hybridized carbons (Fsp3) is 0.214. The van der Waals surface area contributed by atoms with Gasteiger partial charge in [0.05, 0.1) is 18.0 Å². The zero-order valence-electron chi connectivity index (χ0n) is 19.2. The van der Waals surface area contributed by atoms with E-state index in [1.54, 1.807) is 16.2 Å². The van der Waals surface area contributed by atoms with Crippen LogP contribution in [0.15, 0.2) is 78.9 Å². The van der Waals surface area contributed by atoms with Gasteiger partial charge in [-0.25, -0.2) is 4.98 Å². The molecule has 4 nitrogen and oxygen atoms in total. The predicted octanol–water partition coefficient (Wildman–Crippen LogP) is 7.45. The average molecular weight is 457 g/mol. The summed E-state index contributed by atoms with van der Waals surface area (Å²) < 4.78 is 5.61. The van der Waals surface area contributed by atoms with E-state index in [1.807, 2.05) is 80.6 Å². The Hall–Kier alpha value is -3.44. The normalized spacial score (nSPS) is 10.8. The van der Waals surface area contributed by atoms with Gasteiger partial charge in [-0.2, -0.15) is 0 Å². The van der Waals surface area contributed by atoms with Gasteiger partial charge in [-0.05, 0) is 56.2 Å². The van der Waals surface area contributed by atoms with Crippen LogP contribution in [0.4, 0.5) is 10.8 Å². The van der Waals surface area contributed by atoms with Crippen molar-refractivity contribution in [2.45, 2.75) is 33.6 Å². The lowest BCUT2D eigenvalue weighted by atomic mass is 10.1. The molecular weight excluding hydrogens is 428 g/mol. The maximum Gasteiger partial charge on any atom is 0.264 e. The topological polar surface area (TPSA) is 42.4 Å². The van der Waals surface area contributed by atoms with E-state index in [-0.39, 0.29) is 5.91 Å². The number of carbonyl (C=O) groups excluding carboxylic acids is 1. The maximum absolute atomic E-state index is 13.9. The molecular formula is C28H28N2O2S. The molecule has 0 N–H and O–H groups in total. The third kappa shape index (κ3) is 4.99. The summed E-state index contributed by atoms with van der Waals surface area (Å²) in [5.41, 5.74) is 4.39. The molecule has 0 atom stereocenters. The fourth-order valence-electron chi connectivity index (χ4n) is 3.76. The second-order valence-electron chi connectivity index (χ2n) is 7.77. The molecule has 0 spiro atoms. The van der Waals surface area contributed by atoms with Crippen LogP contribution < -0.4 is 9.64 Å². The minimum atomic E-state index is -0.0892. The molecule has 168 valence electrons. The summed E-state index contributed by atoms with van der Waals surface area (Å²) >= 11 is 1.59. The van der Waals surface area contributed by atoms with Gasteiger partial charge in [0.25, 0.3) is 5.91 Å². The molecule has 4 aromatic rings. The van der Waals surface area contributed by atoms with E-state index in [0.29, 0.717) is 17.3 Å². The molecule has 0 fully saturated rings. The number of hydrogen-bond acceptors (Lipinski definition) is 4. The Morgan fingerprint density at radius 1 is 0.939 bits per heavy atom. The zero-order chi connectivity index (χ0) is 23.2. The monoisotopic (exact) mass is 456 g/mol. The van der Waals surface area contributed by atoms with Gasteiger partial charge in [-0.3, -0.25) is 9.69 Å². The second-order valence-corrected chi connectivity index (χ2v) is 8.83. The molecule has 33 heavy (non-hydrogen) atoms. The first kappa shape index (κ1) is 22.7. The van der Waals surface area contributed by atoms with E-state index in [0.717, 1.165) is 41.1 Å². The average Bonchev–Trinajstić information content (AvgIpc) is 3.25. The van der Waals surface area contributed by atoms with Crippen molar-refractivity contribution >= 4 is 28.1 Å². The van der Waals surface area contributed by atoms with Crippen molar-refractivity contribution in [3.8, 4) is 17.0 Å². The number of amides is 1. The van der Waals surface area contributed by atoms with E-state index in [2.05, 4.69) is 19.1 Å². The van der Waals surface area contributed by atoms with Crippen molar-refractivity contribution in [2.24, 2.45) is 0 Å². The molecule has 0 aliphatic rings. The van der Waals surface area contributed by atoms with Gasteiger partial charge in [0.1, 0.15) is 5.75 Å². The highest BCUT2D eigenvalue weighted by Crippen LogP contribution is 2.38. The number of aryl methyl sites for hydroxylation is 2. The predicted molar refractivity (Wildman–Crippen MR) is 137 cm³/mol. The highest BCUT2D eigenvalue weighted by Gasteiger charge is 2.26. The molecule has 0 saturated heterocycles. The molecule has 0 unspecified atom stereocenters. The van der Waals surface area contributed by atoms with Crippen molar-refractivity contribution in [1.82, 2.24) is 4.98 Å². The van der Waals surface area contributed by atoms with Crippen LogP contribution in [-0.2, 0) is 6.42 Å². The first-order chi connectivity index (χ1) is 16.1. The first-order valence-electron chi connectivity index (χ1n) is 11.3. The van der Waals surface area contributed by atoms with Gasteiger partial charge in [0, 0.05) is 16.0 Å². The summed E-state index contributed by atoms with van der Waals surface area (Å²) in [7, 11) is 0. The number of anilines is 2. The molecule has 5 heteroatoms. The minimum Gasteiger partial charge on any atom is -0.494 e. The van der Waals surface area contributed by atoms with Crippen LogP contribution in [-0.4, -0.2) is 17.5 Å². The largest absolute Gasteiger partial charge is 0.494 e. The number of rotatable bonds is 8. The molecule has 1 amide bonds. The number of benzene rings is 3. The third-order valence-corrected chi connectivity index (χ3v) is 6.49. The van der Waals surface area contributed by atoms with E-state index in [9.17, 15) is 4.79 Å². The Labute approximate surface area is 199 Å². The second kappa shape index (κ2) is 10.5. The van der Waals surface area contributed by atoms with E-state index in [4.69, 9.17) is 9.72 Å². The quantitative estimate of drug-likeness (QED) is 0.276. The molecule has 0 aliphatic carbocycles. The summed E-state index contributed by atoms with van der Waals surface area (Å²) in [6.45, 7) is 6.68. The van der Waals surface area contributed by atoms with Crippen LogP contribution in [0.2, 0.25) is 0 Å². The van der Waals surface area contributed by atoms with Crippen molar-refractivity contribution in [3.05, 3.63) is 94.9 Å². The number of hydrogen-bond donors (Lipinski definition) is 0. The summed E-state index contributed by atoms with van der Waals surface area (Å²) in [6.07, 6.45) is 1.92. The van der Waals surface area contributed by atoms with Crippen LogP contribution in [0.1, 0.15) is 41.1 Å². The molecule has 0 aliphatic heterocycles. The molecule has 4 rings (SSSR count). The van der Waals surface area contributed by atoms with E-state index in [1.165, 1.54) is 4.88 Å². The lowest BCUT2D eigenvalue weighted by molar-refractivity contribution is 0.0998. The Morgan fingerprint density at radius 3 is 2.30 bits per heavy atom. The molecule has 3 aromatic carbocycles. The van der Waals surface area contributed by atoms with Gasteiger partial charge < -0.3 is 4.74 Å². The van der Waals surface area contributed by atoms with E-state index < -0.39 is 0 Å². The van der Waals surface area contributed by atoms with Crippen molar-refractivity contribution in [2.75, 3.05) is 11.5 Å². The molecule has 1 heterocycles.